The van der Waals surface area contributed by atoms with Gasteiger partial charge in [0.1, 0.15) is 18.8 Å². The van der Waals surface area contributed by atoms with Gasteiger partial charge in [0, 0.05) is 43.7 Å². The summed E-state index contributed by atoms with van der Waals surface area (Å²) in [6.07, 6.45) is 5.15. The van der Waals surface area contributed by atoms with Gasteiger partial charge in [-0.2, -0.15) is 9.78 Å². The van der Waals surface area contributed by atoms with E-state index >= 15 is 0 Å². The number of aromatic nitrogens is 7. The minimum atomic E-state index is -1.15. The highest BCUT2D eigenvalue weighted by Crippen LogP contribution is 2.32. The van der Waals surface area contributed by atoms with E-state index in [0.717, 1.165) is 51.9 Å². The number of hydrogen-bond donors (Lipinski definition) is 1. The Hall–Kier alpha value is -3.89. The van der Waals surface area contributed by atoms with E-state index in [9.17, 15) is 0 Å². The van der Waals surface area contributed by atoms with E-state index in [1.165, 1.54) is 0 Å². The quantitative estimate of drug-likeness (QED) is 0.229. The molecular weight excluding hydrogens is 456 g/mol. The molecule has 10 heteroatoms. The van der Waals surface area contributed by atoms with Gasteiger partial charge in [-0.1, -0.05) is 31.8 Å². The van der Waals surface area contributed by atoms with E-state index in [-0.39, 0.29) is 0 Å². The molecule has 5 rings (SSSR count). The molecule has 0 atom stereocenters. The van der Waals surface area contributed by atoms with Gasteiger partial charge in [0.25, 0.3) is 0 Å². The van der Waals surface area contributed by atoms with Gasteiger partial charge in [0.15, 0.2) is 0 Å². The fourth-order valence-corrected chi connectivity index (χ4v) is 4.57. The molecule has 0 unspecified atom stereocenters. The molecule has 0 saturated heterocycles. The summed E-state index contributed by atoms with van der Waals surface area (Å²) in [4.78, 5) is 4.16. The minimum Gasteiger partial charge on any atom is -0.360 e. The van der Waals surface area contributed by atoms with Crippen LogP contribution in [-0.2, 0) is 11.5 Å². The molecule has 0 bridgehead atoms. The lowest BCUT2D eigenvalue weighted by Gasteiger charge is -2.15. The Balaban J connectivity index is 1.48. The molecule has 0 fully saturated rings. The van der Waals surface area contributed by atoms with Crippen molar-refractivity contribution in [1.29, 1.82) is 0 Å². The molecule has 0 spiro atoms. The average molecular weight is 485 g/mol. The molecule has 0 saturated carbocycles. The lowest BCUT2D eigenvalue weighted by Crippen LogP contribution is -2.22. The van der Waals surface area contributed by atoms with Gasteiger partial charge < -0.3 is 10.1 Å². The van der Waals surface area contributed by atoms with Crippen molar-refractivity contribution in [3.8, 4) is 16.9 Å². The first kappa shape index (κ1) is 22.9. The molecule has 35 heavy (non-hydrogen) atoms. The van der Waals surface area contributed by atoms with Gasteiger partial charge in [-0.15, -0.1) is 5.10 Å². The Morgan fingerprint density at radius 3 is 2.60 bits per heavy atom. The maximum Gasteiger partial charge on any atom is 0.143 e. The molecule has 3 heterocycles. The molecule has 2 aromatic carbocycles. The van der Waals surface area contributed by atoms with Crippen molar-refractivity contribution in [2.45, 2.75) is 32.4 Å². The van der Waals surface area contributed by atoms with Gasteiger partial charge in [-0.05, 0) is 58.9 Å². The van der Waals surface area contributed by atoms with Crippen molar-refractivity contribution in [2.24, 2.45) is 0 Å². The van der Waals surface area contributed by atoms with Crippen molar-refractivity contribution in [2.75, 3.05) is 11.9 Å². The van der Waals surface area contributed by atoms with Gasteiger partial charge in [0.2, 0.25) is 0 Å². The molecule has 3 aromatic heterocycles. The number of nitrogens with zero attached hydrogens (tertiary/aromatic N) is 7. The zero-order valence-electron chi connectivity index (χ0n) is 20.1. The van der Waals surface area contributed by atoms with Crippen LogP contribution in [0.2, 0.25) is 25.7 Å². The lowest BCUT2D eigenvalue weighted by molar-refractivity contribution is 0.0818. The normalized spacial score (nSPS) is 11.7. The number of anilines is 2. The van der Waals surface area contributed by atoms with Crippen molar-refractivity contribution in [3.63, 3.8) is 0 Å². The van der Waals surface area contributed by atoms with Gasteiger partial charge >= 0.3 is 0 Å². The van der Waals surface area contributed by atoms with Crippen molar-refractivity contribution in [1.82, 2.24) is 35.0 Å². The Morgan fingerprint density at radius 1 is 1.00 bits per heavy atom. The summed E-state index contributed by atoms with van der Waals surface area (Å²) in [5.41, 5.74) is 5.62. The number of pyridine rings is 1. The lowest BCUT2D eigenvalue weighted by atomic mass is 10.1. The number of nitrogens with one attached hydrogen (secondary N) is 1. The number of rotatable bonds is 9. The molecule has 0 aliphatic heterocycles. The predicted octanol–water partition coefficient (Wildman–Crippen LogP) is 5.13. The van der Waals surface area contributed by atoms with Crippen LogP contribution >= 0.6 is 0 Å². The topological polar surface area (TPSA) is 95.6 Å². The van der Waals surface area contributed by atoms with E-state index in [1.54, 1.807) is 23.4 Å². The second kappa shape index (κ2) is 9.77. The number of ether oxygens (including phenoxy) is 1. The number of hydrogen-bond acceptors (Lipinski definition) is 7. The van der Waals surface area contributed by atoms with Crippen LogP contribution in [0.3, 0.4) is 0 Å². The van der Waals surface area contributed by atoms with Crippen LogP contribution in [0.15, 0.2) is 73.3 Å². The number of tetrazole rings is 1. The third kappa shape index (κ3) is 5.28. The molecule has 1 N–H and O–H groups in total. The first-order chi connectivity index (χ1) is 17.0. The first-order valence-electron chi connectivity index (χ1n) is 11.6. The van der Waals surface area contributed by atoms with Crippen LogP contribution in [0, 0.1) is 0 Å². The number of fused-ring (bicyclic) bond motifs is 1. The Morgan fingerprint density at radius 2 is 1.83 bits per heavy atom. The highest BCUT2D eigenvalue weighted by atomic mass is 28.3. The zero-order chi connectivity index (χ0) is 24.3. The largest absolute Gasteiger partial charge is 0.360 e. The minimum absolute atomic E-state index is 0.418. The summed E-state index contributed by atoms with van der Waals surface area (Å²) in [6, 6.07) is 19.2. The number of para-hydroxylation sites is 2. The second-order valence-electron chi connectivity index (χ2n) is 9.56. The van der Waals surface area contributed by atoms with Crippen LogP contribution in [0.1, 0.15) is 0 Å². The third-order valence-electron chi connectivity index (χ3n) is 5.69. The second-order valence-corrected chi connectivity index (χ2v) is 15.2. The summed E-state index contributed by atoms with van der Waals surface area (Å²) in [5.74, 6) is 0. The molecule has 178 valence electrons. The highest BCUT2D eigenvalue weighted by Gasteiger charge is 2.16. The summed E-state index contributed by atoms with van der Waals surface area (Å²) < 4.78 is 9.60. The third-order valence-corrected chi connectivity index (χ3v) is 7.40. The molecule has 5 aromatic rings. The SMILES string of the molecule is C[Si](C)(C)CCOCn1nc(-c2ccncc2)c2cc(Nc3ccccc3-n3cnnn3)ccc21. The molecule has 0 amide bonds. The fraction of sp³-hybridized carbons (Fsp3) is 0.240. The Kier molecular flexibility index (Phi) is 6.38. The maximum absolute atomic E-state index is 6.02. The van der Waals surface area contributed by atoms with Crippen LogP contribution < -0.4 is 5.32 Å². The fourth-order valence-electron chi connectivity index (χ4n) is 3.81. The van der Waals surface area contributed by atoms with E-state index < -0.39 is 8.07 Å². The van der Waals surface area contributed by atoms with Crippen LogP contribution in [-0.4, -0.2) is 49.7 Å². The maximum atomic E-state index is 6.02. The van der Waals surface area contributed by atoms with Gasteiger partial charge in [-0.25, -0.2) is 4.68 Å². The molecule has 0 aliphatic carbocycles. The Bertz CT molecular complexity index is 1410. The first-order valence-corrected chi connectivity index (χ1v) is 15.3. The Labute approximate surface area is 204 Å². The number of benzene rings is 2. The predicted molar refractivity (Wildman–Crippen MR) is 140 cm³/mol. The van der Waals surface area contributed by atoms with Crippen molar-refractivity contribution in [3.05, 3.63) is 73.3 Å². The monoisotopic (exact) mass is 484 g/mol. The van der Waals surface area contributed by atoms with E-state index in [2.05, 4.69) is 63.7 Å². The van der Waals surface area contributed by atoms with Crippen molar-refractivity contribution < 1.29 is 4.74 Å². The van der Waals surface area contributed by atoms with Crippen molar-refractivity contribution >= 4 is 30.4 Å². The van der Waals surface area contributed by atoms with E-state index in [1.807, 2.05) is 41.1 Å². The molecule has 9 nitrogen and oxygen atoms in total. The van der Waals surface area contributed by atoms with E-state index in [4.69, 9.17) is 9.84 Å². The molecule has 0 aliphatic rings. The standard InChI is InChI=1S/C25H28N8OSi/c1-35(2,3)15-14-34-18-33-23-9-8-20(16-21(23)25(29-33)19-10-12-26-13-11-19)28-22-6-4-5-7-24(22)32-17-27-30-31-32/h4-13,16-17,28H,14-15,18H2,1-3H3. The summed E-state index contributed by atoms with van der Waals surface area (Å²) in [6.45, 7) is 8.23. The molecule has 0 radical (unpaired) electrons. The van der Waals surface area contributed by atoms with Crippen LogP contribution in [0.4, 0.5) is 11.4 Å². The zero-order valence-corrected chi connectivity index (χ0v) is 21.1. The van der Waals surface area contributed by atoms with Gasteiger partial charge in [0.05, 0.1) is 16.9 Å². The smallest absolute Gasteiger partial charge is 0.143 e. The summed E-state index contributed by atoms with van der Waals surface area (Å²) in [5, 5.41) is 21.0. The van der Waals surface area contributed by atoms with Crippen LogP contribution in [0.5, 0.6) is 0 Å². The molecular formula is C25H28N8OSi. The summed E-state index contributed by atoms with van der Waals surface area (Å²) >= 11 is 0. The summed E-state index contributed by atoms with van der Waals surface area (Å²) in [7, 11) is -1.15. The average Bonchev–Trinajstić information content (AvgIpc) is 3.51. The van der Waals surface area contributed by atoms with E-state index in [0.29, 0.717) is 6.73 Å². The highest BCUT2D eigenvalue weighted by molar-refractivity contribution is 6.76. The van der Waals surface area contributed by atoms with Gasteiger partial charge in [-0.3, -0.25) is 4.98 Å². The van der Waals surface area contributed by atoms with Crippen LogP contribution in [0.25, 0.3) is 27.8 Å².